The minimum Gasteiger partial charge on any atom is -0.506 e. The van der Waals surface area contributed by atoms with Crippen molar-refractivity contribution in [2.45, 2.75) is 6.54 Å². The normalized spacial score (nSPS) is 10.1. The van der Waals surface area contributed by atoms with Crippen LogP contribution in [0.5, 0.6) is 11.6 Å². The maximum absolute atomic E-state index is 9.87. The highest BCUT2D eigenvalue weighted by Crippen LogP contribution is 2.28. The van der Waals surface area contributed by atoms with Crippen LogP contribution in [0.1, 0.15) is 5.56 Å². The number of para-hydroxylation sites is 1. The van der Waals surface area contributed by atoms with E-state index < -0.39 is 0 Å². The number of halogens is 1. The van der Waals surface area contributed by atoms with Crippen LogP contribution in [0, 0.1) is 0 Å². The van der Waals surface area contributed by atoms with E-state index in [-0.39, 0.29) is 5.75 Å². The van der Waals surface area contributed by atoms with Crippen molar-refractivity contribution in [1.82, 2.24) is 4.98 Å². The quantitative estimate of drug-likeness (QED) is 0.911. The van der Waals surface area contributed by atoms with Crippen LogP contribution in [0.3, 0.4) is 0 Å². The number of hydrogen-bond acceptors (Lipinski definition) is 4. The van der Waals surface area contributed by atoms with Gasteiger partial charge >= 0.3 is 0 Å². The maximum atomic E-state index is 9.87. The van der Waals surface area contributed by atoms with Crippen molar-refractivity contribution in [3.63, 3.8) is 0 Å². The van der Waals surface area contributed by atoms with Gasteiger partial charge in [0, 0.05) is 18.3 Å². The largest absolute Gasteiger partial charge is 0.506 e. The zero-order chi connectivity index (χ0) is 13.0. The van der Waals surface area contributed by atoms with Gasteiger partial charge in [0.2, 0.25) is 5.88 Å². The number of aromatic nitrogens is 1. The van der Waals surface area contributed by atoms with Gasteiger partial charge in [0.05, 0.1) is 17.3 Å². The van der Waals surface area contributed by atoms with E-state index in [9.17, 15) is 5.11 Å². The molecule has 0 aliphatic carbocycles. The maximum Gasteiger partial charge on any atom is 0.237 e. The summed E-state index contributed by atoms with van der Waals surface area (Å²) in [6.45, 7) is 0.493. The lowest BCUT2D eigenvalue weighted by Crippen LogP contribution is -2.02. The van der Waals surface area contributed by atoms with E-state index in [1.165, 1.54) is 0 Å². The third-order valence-electron chi connectivity index (χ3n) is 2.50. The monoisotopic (exact) mass is 308 g/mol. The Kier molecular flexibility index (Phi) is 4.04. The van der Waals surface area contributed by atoms with Gasteiger partial charge in [-0.25, -0.2) is 4.98 Å². The van der Waals surface area contributed by atoms with Crippen molar-refractivity contribution in [1.29, 1.82) is 0 Å². The fraction of sp³-hybridized carbons (Fsp3) is 0.154. The van der Waals surface area contributed by atoms with Gasteiger partial charge in [0.1, 0.15) is 5.75 Å². The highest BCUT2D eigenvalue weighted by molar-refractivity contribution is 9.10. The fourth-order valence-electron chi connectivity index (χ4n) is 1.58. The van der Waals surface area contributed by atoms with E-state index >= 15 is 0 Å². The molecule has 0 spiro atoms. The number of rotatable bonds is 4. The van der Waals surface area contributed by atoms with E-state index in [0.29, 0.717) is 16.9 Å². The fourth-order valence-corrected chi connectivity index (χ4v) is 1.99. The summed E-state index contributed by atoms with van der Waals surface area (Å²) in [5.41, 5.74) is 1.59. The zero-order valence-corrected chi connectivity index (χ0v) is 11.4. The number of phenols is 1. The molecule has 0 saturated heterocycles. The molecule has 0 saturated carbocycles. The van der Waals surface area contributed by atoms with Crippen molar-refractivity contribution in [3.8, 4) is 11.6 Å². The summed E-state index contributed by atoms with van der Waals surface area (Å²) in [6, 6.07) is 9.23. The number of hydrogen-bond donors (Lipinski definition) is 2. The lowest BCUT2D eigenvalue weighted by molar-refractivity contribution is 0.399. The summed E-state index contributed by atoms with van der Waals surface area (Å²) in [6.07, 6.45) is 1.67. The Morgan fingerprint density at radius 1 is 1.33 bits per heavy atom. The summed E-state index contributed by atoms with van der Waals surface area (Å²) < 4.78 is 5.82. The SMILES string of the molecule is COc1ncccc1NCc1cccc(Br)c1O. The Bertz CT molecular complexity index is 546. The number of anilines is 1. The first kappa shape index (κ1) is 12.7. The van der Waals surface area contributed by atoms with Gasteiger partial charge in [-0.05, 0) is 34.1 Å². The van der Waals surface area contributed by atoms with Gasteiger partial charge in [-0.2, -0.15) is 0 Å². The van der Waals surface area contributed by atoms with Gasteiger partial charge in [0.15, 0.2) is 0 Å². The summed E-state index contributed by atoms with van der Waals surface area (Å²) in [5, 5.41) is 13.0. The van der Waals surface area contributed by atoms with E-state index in [4.69, 9.17) is 4.74 Å². The van der Waals surface area contributed by atoms with Crippen molar-refractivity contribution in [2.24, 2.45) is 0 Å². The minimum atomic E-state index is 0.243. The van der Waals surface area contributed by atoms with Gasteiger partial charge in [-0.1, -0.05) is 12.1 Å². The summed E-state index contributed by atoms with van der Waals surface area (Å²) in [5.74, 6) is 0.778. The molecule has 4 nitrogen and oxygen atoms in total. The lowest BCUT2D eigenvalue weighted by Gasteiger charge is -2.11. The second kappa shape index (κ2) is 5.73. The second-order valence-electron chi connectivity index (χ2n) is 3.66. The highest BCUT2D eigenvalue weighted by Gasteiger charge is 2.06. The number of benzene rings is 1. The molecule has 1 heterocycles. The average molecular weight is 309 g/mol. The molecule has 2 rings (SSSR count). The lowest BCUT2D eigenvalue weighted by atomic mass is 10.2. The summed E-state index contributed by atoms with van der Waals surface area (Å²) >= 11 is 3.29. The molecule has 5 heteroatoms. The Hall–Kier alpha value is -1.75. The number of ether oxygens (including phenoxy) is 1. The van der Waals surface area contributed by atoms with Gasteiger partial charge < -0.3 is 15.2 Å². The van der Waals surface area contributed by atoms with Gasteiger partial charge in [-0.3, -0.25) is 0 Å². The topological polar surface area (TPSA) is 54.4 Å². The number of phenolic OH excluding ortho intramolecular Hbond substituents is 1. The van der Waals surface area contributed by atoms with E-state index in [2.05, 4.69) is 26.2 Å². The third-order valence-corrected chi connectivity index (χ3v) is 3.14. The Labute approximate surface area is 114 Å². The van der Waals surface area contributed by atoms with Crippen LogP contribution in [0.4, 0.5) is 5.69 Å². The number of nitrogens with one attached hydrogen (secondary N) is 1. The van der Waals surface area contributed by atoms with E-state index in [1.807, 2.05) is 24.3 Å². The number of nitrogens with zero attached hydrogens (tertiary/aromatic N) is 1. The summed E-state index contributed by atoms with van der Waals surface area (Å²) in [4.78, 5) is 4.09. The number of aromatic hydroxyl groups is 1. The van der Waals surface area contributed by atoms with Crippen LogP contribution in [0.2, 0.25) is 0 Å². The molecule has 0 atom stereocenters. The molecule has 0 unspecified atom stereocenters. The van der Waals surface area contributed by atoms with Crippen LogP contribution < -0.4 is 10.1 Å². The second-order valence-corrected chi connectivity index (χ2v) is 4.52. The molecule has 0 amide bonds. The molecule has 0 aliphatic rings. The Balaban J connectivity index is 2.14. The van der Waals surface area contributed by atoms with Gasteiger partial charge in [0.25, 0.3) is 0 Å². The molecule has 2 N–H and O–H groups in total. The first-order chi connectivity index (χ1) is 8.72. The third kappa shape index (κ3) is 2.73. The van der Waals surface area contributed by atoms with E-state index in [1.54, 1.807) is 19.4 Å². The molecular formula is C13H13BrN2O2. The van der Waals surface area contributed by atoms with Crippen molar-refractivity contribution >= 4 is 21.6 Å². The standard InChI is InChI=1S/C13H13BrN2O2/c1-18-13-11(6-3-7-15-13)16-8-9-4-2-5-10(14)12(9)17/h2-7,16-17H,8H2,1H3. The Morgan fingerprint density at radius 3 is 2.94 bits per heavy atom. The molecule has 1 aromatic heterocycles. The zero-order valence-electron chi connectivity index (χ0n) is 9.85. The average Bonchev–Trinajstić information content (AvgIpc) is 2.41. The summed E-state index contributed by atoms with van der Waals surface area (Å²) in [7, 11) is 1.57. The smallest absolute Gasteiger partial charge is 0.237 e. The van der Waals surface area contributed by atoms with Crippen molar-refractivity contribution in [2.75, 3.05) is 12.4 Å². The predicted molar refractivity (Wildman–Crippen MR) is 73.9 cm³/mol. The Morgan fingerprint density at radius 2 is 2.17 bits per heavy atom. The van der Waals surface area contributed by atoms with Crippen molar-refractivity contribution in [3.05, 3.63) is 46.6 Å². The van der Waals surface area contributed by atoms with Gasteiger partial charge in [-0.15, -0.1) is 0 Å². The molecule has 2 aromatic rings. The molecule has 0 bridgehead atoms. The minimum absolute atomic E-state index is 0.243. The molecule has 0 radical (unpaired) electrons. The first-order valence-electron chi connectivity index (χ1n) is 5.41. The van der Waals surface area contributed by atoms with Crippen LogP contribution in [-0.2, 0) is 6.54 Å². The van der Waals surface area contributed by atoms with Crippen LogP contribution in [0.15, 0.2) is 41.0 Å². The predicted octanol–water partition coefficient (Wildman–Crippen LogP) is 3.17. The highest BCUT2D eigenvalue weighted by atomic mass is 79.9. The van der Waals surface area contributed by atoms with Crippen molar-refractivity contribution < 1.29 is 9.84 Å². The molecule has 1 aromatic carbocycles. The van der Waals surface area contributed by atoms with Crippen LogP contribution in [0.25, 0.3) is 0 Å². The number of pyridine rings is 1. The van der Waals surface area contributed by atoms with Crippen LogP contribution in [-0.4, -0.2) is 17.2 Å². The van der Waals surface area contributed by atoms with E-state index in [0.717, 1.165) is 11.3 Å². The first-order valence-corrected chi connectivity index (χ1v) is 6.21. The molecular weight excluding hydrogens is 296 g/mol. The molecule has 94 valence electrons. The van der Waals surface area contributed by atoms with Crippen LogP contribution >= 0.6 is 15.9 Å². The molecule has 18 heavy (non-hydrogen) atoms. The number of methoxy groups -OCH3 is 1. The molecule has 0 fully saturated rings. The molecule has 0 aliphatic heterocycles.